The Kier molecular flexibility index (Phi) is 14.5. The molecule has 0 aliphatic rings. The smallest absolute Gasteiger partial charge is 0.411 e. The highest BCUT2D eigenvalue weighted by Gasteiger charge is 2.72. The van der Waals surface area contributed by atoms with Crippen molar-refractivity contribution in [3.63, 3.8) is 0 Å². The van der Waals surface area contributed by atoms with Crippen molar-refractivity contribution < 1.29 is 45.4 Å². The molecule has 2 aromatic rings. The lowest BCUT2D eigenvalue weighted by molar-refractivity contribution is -0.288. The Balaban J connectivity index is 2.26. The van der Waals surface area contributed by atoms with Crippen molar-refractivity contribution in [1.82, 2.24) is 0 Å². The van der Waals surface area contributed by atoms with Crippen molar-refractivity contribution >= 4 is 11.9 Å². The summed E-state index contributed by atoms with van der Waals surface area (Å²) in [4.78, 5) is 24.9. The Hall–Kier alpha value is -3.04. The third-order valence-electron chi connectivity index (χ3n) is 7.40. The van der Waals surface area contributed by atoms with E-state index in [-0.39, 0.29) is 18.8 Å². The van der Waals surface area contributed by atoms with Crippen molar-refractivity contribution in [1.29, 1.82) is 0 Å². The minimum Gasteiger partial charge on any atom is -0.462 e. The summed E-state index contributed by atoms with van der Waals surface area (Å²) in [5.74, 6) is -1.84. The van der Waals surface area contributed by atoms with E-state index in [1.165, 1.54) is 0 Å². The van der Waals surface area contributed by atoms with E-state index < -0.39 is 46.4 Å². The van der Waals surface area contributed by atoms with Gasteiger partial charge < -0.3 is 9.47 Å². The van der Waals surface area contributed by atoms with Crippen LogP contribution in [0, 0.1) is 0 Å². The van der Waals surface area contributed by atoms with Gasteiger partial charge in [0.2, 0.25) is 5.41 Å². The summed E-state index contributed by atoms with van der Waals surface area (Å²) < 4.78 is 97.9. The largest absolute Gasteiger partial charge is 0.462 e. The van der Waals surface area contributed by atoms with Crippen LogP contribution < -0.4 is 0 Å². The normalized spacial score (nSPS) is 12.3. The number of hydrogen-bond acceptors (Lipinski definition) is 4. The Labute approximate surface area is 250 Å². The van der Waals surface area contributed by atoms with Crippen LogP contribution in [-0.4, -0.2) is 37.5 Å². The highest BCUT2D eigenvalue weighted by molar-refractivity contribution is 5.90. The maximum Gasteiger partial charge on any atom is 0.411 e. The molecular weight excluding hydrogens is 574 g/mol. The molecule has 0 aromatic heterocycles. The highest BCUT2D eigenvalue weighted by atomic mass is 19.4. The topological polar surface area (TPSA) is 52.6 Å². The summed E-state index contributed by atoms with van der Waals surface area (Å²) in [5.41, 5.74) is -7.37. The summed E-state index contributed by atoms with van der Waals surface area (Å²) in [6.45, 7) is 4.27. The van der Waals surface area contributed by atoms with Crippen LogP contribution in [0.3, 0.4) is 0 Å². The van der Waals surface area contributed by atoms with Crippen molar-refractivity contribution in [2.45, 2.75) is 109 Å². The van der Waals surface area contributed by atoms with Gasteiger partial charge in [0, 0.05) is 0 Å². The number of carbonyl (C=O) groups is 2. The lowest BCUT2D eigenvalue weighted by atomic mass is 9.72. The predicted molar refractivity (Wildman–Crippen MR) is 153 cm³/mol. The van der Waals surface area contributed by atoms with Gasteiger partial charge in [-0.1, -0.05) is 102 Å². The van der Waals surface area contributed by atoms with E-state index in [0.29, 0.717) is 37.1 Å². The summed E-state index contributed by atoms with van der Waals surface area (Å²) in [6, 6.07) is 6.40. The zero-order valence-electron chi connectivity index (χ0n) is 24.9. The first kappa shape index (κ1) is 36.2. The third-order valence-corrected chi connectivity index (χ3v) is 7.40. The van der Waals surface area contributed by atoms with Gasteiger partial charge >= 0.3 is 24.3 Å². The Morgan fingerprint density at radius 1 is 0.558 bits per heavy atom. The first-order valence-electron chi connectivity index (χ1n) is 15.1. The fourth-order valence-corrected chi connectivity index (χ4v) is 4.98. The van der Waals surface area contributed by atoms with Crippen LogP contribution in [0.2, 0.25) is 0 Å². The predicted octanol–water partition coefficient (Wildman–Crippen LogP) is 10.1. The minimum atomic E-state index is -5.84. The molecule has 0 fully saturated rings. The maximum atomic E-state index is 14.6. The molecule has 0 heterocycles. The second-order valence-corrected chi connectivity index (χ2v) is 10.7. The van der Waals surface area contributed by atoms with Gasteiger partial charge in [-0.15, -0.1) is 0 Å². The second kappa shape index (κ2) is 17.3. The second-order valence-electron chi connectivity index (χ2n) is 10.7. The molecule has 2 aromatic carbocycles. The molecule has 240 valence electrons. The van der Waals surface area contributed by atoms with E-state index in [1.54, 1.807) is 0 Å². The van der Waals surface area contributed by atoms with Crippen molar-refractivity contribution in [3.8, 4) is 0 Å². The summed E-state index contributed by atoms with van der Waals surface area (Å²) >= 11 is 0. The molecule has 0 radical (unpaired) electrons. The van der Waals surface area contributed by atoms with Crippen LogP contribution in [0.5, 0.6) is 0 Å². The van der Waals surface area contributed by atoms with E-state index >= 15 is 0 Å². The van der Waals surface area contributed by atoms with Crippen LogP contribution in [0.15, 0.2) is 48.5 Å². The van der Waals surface area contributed by atoms with E-state index in [1.807, 2.05) is 0 Å². The van der Waals surface area contributed by atoms with Gasteiger partial charge in [0.1, 0.15) is 0 Å². The van der Waals surface area contributed by atoms with E-state index in [0.717, 1.165) is 88.5 Å². The molecule has 0 unspecified atom stereocenters. The number of halogens is 6. The van der Waals surface area contributed by atoms with Gasteiger partial charge in [0.15, 0.2) is 0 Å². The van der Waals surface area contributed by atoms with Crippen LogP contribution in [0.1, 0.15) is 123 Å². The molecule has 0 saturated heterocycles. The molecule has 0 aliphatic carbocycles. The molecule has 0 saturated carbocycles. The maximum absolute atomic E-state index is 14.6. The quantitative estimate of drug-likeness (QED) is 0.0950. The molecule has 0 amide bonds. The number of hydrogen-bond donors (Lipinski definition) is 0. The number of benzene rings is 2. The first-order chi connectivity index (χ1) is 20.4. The lowest BCUT2D eigenvalue weighted by Crippen LogP contribution is -2.54. The molecular formula is C33H42F6O4. The van der Waals surface area contributed by atoms with Gasteiger partial charge in [-0.25, -0.2) is 9.59 Å². The first-order valence-corrected chi connectivity index (χ1v) is 15.1. The Morgan fingerprint density at radius 2 is 1.00 bits per heavy atom. The van der Waals surface area contributed by atoms with E-state index in [2.05, 4.69) is 13.8 Å². The molecule has 0 N–H and O–H groups in total. The van der Waals surface area contributed by atoms with Gasteiger partial charge in [-0.3, -0.25) is 0 Å². The number of alkyl halides is 6. The fourth-order valence-electron chi connectivity index (χ4n) is 4.98. The van der Waals surface area contributed by atoms with Crippen LogP contribution >= 0.6 is 0 Å². The monoisotopic (exact) mass is 616 g/mol. The SMILES string of the molecule is CCCCCCCCOC(=O)c1ccc(C(c2cccc(C(=O)OCCCCCCCC)c2)(C(F)(F)F)C(F)(F)F)cc1. The summed E-state index contributed by atoms with van der Waals surface area (Å²) in [7, 11) is 0. The highest BCUT2D eigenvalue weighted by Crippen LogP contribution is 2.56. The van der Waals surface area contributed by atoms with E-state index in [4.69, 9.17) is 9.47 Å². The Morgan fingerprint density at radius 3 is 1.47 bits per heavy atom. The Bertz CT molecular complexity index is 1110. The fraction of sp³-hybridized carbons (Fsp3) is 0.576. The number of esters is 2. The van der Waals surface area contributed by atoms with Crippen molar-refractivity contribution in [3.05, 3.63) is 70.8 Å². The van der Waals surface area contributed by atoms with Crippen LogP contribution in [0.25, 0.3) is 0 Å². The lowest BCUT2D eigenvalue weighted by Gasteiger charge is -2.38. The van der Waals surface area contributed by atoms with Crippen LogP contribution in [0.4, 0.5) is 26.3 Å². The molecule has 0 atom stereocenters. The number of ether oxygens (including phenoxy) is 2. The van der Waals surface area contributed by atoms with Gasteiger partial charge in [0.25, 0.3) is 0 Å². The van der Waals surface area contributed by atoms with E-state index in [9.17, 15) is 35.9 Å². The van der Waals surface area contributed by atoms with Gasteiger partial charge in [-0.05, 0) is 48.2 Å². The van der Waals surface area contributed by atoms with Crippen LogP contribution in [-0.2, 0) is 14.9 Å². The van der Waals surface area contributed by atoms with Crippen molar-refractivity contribution in [2.24, 2.45) is 0 Å². The summed E-state index contributed by atoms with van der Waals surface area (Å²) in [5, 5.41) is 0. The molecule has 0 bridgehead atoms. The minimum absolute atomic E-state index is 0.00922. The average Bonchev–Trinajstić information content (AvgIpc) is 2.95. The average molecular weight is 617 g/mol. The molecule has 43 heavy (non-hydrogen) atoms. The number of rotatable bonds is 18. The zero-order chi connectivity index (χ0) is 31.9. The standard InChI is InChI=1S/C33H42F6O4/c1-3-5-7-9-11-13-22-42-29(40)25-18-20-27(21-19-25)31(32(34,35)36,33(37,38)39)28-17-15-16-26(24-28)30(41)43-23-14-12-10-8-6-4-2/h15-21,24H,3-14,22-23H2,1-2H3. The van der Waals surface area contributed by atoms with Gasteiger partial charge in [-0.2, -0.15) is 26.3 Å². The molecule has 0 aliphatic heterocycles. The summed E-state index contributed by atoms with van der Waals surface area (Å²) in [6.07, 6.45) is -0.530. The zero-order valence-corrected chi connectivity index (χ0v) is 24.9. The molecule has 2 rings (SSSR count). The van der Waals surface area contributed by atoms with Crippen molar-refractivity contribution in [2.75, 3.05) is 13.2 Å². The third kappa shape index (κ3) is 10.00. The number of carbonyl (C=O) groups excluding carboxylic acids is 2. The molecule has 0 spiro atoms. The number of unbranched alkanes of at least 4 members (excludes halogenated alkanes) is 10. The molecule has 10 heteroatoms. The molecule has 4 nitrogen and oxygen atoms in total. The van der Waals surface area contributed by atoms with Gasteiger partial charge in [0.05, 0.1) is 24.3 Å².